The smallest absolute Gasteiger partial charge is 0.0643 e. The molecule has 0 saturated carbocycles. The highest BCUT2D eigenvalue weighted by Gasteiger charge is 1.96. The van der Waals surface area contributed by atoms with Crippen molar-refractivity contribution in [2.75, 3.05) is 0 Å². The highest BCUT2D eigenvalue weighted by atomic mass is 16.4. The minimum absolute atomic E-state index is 0.495. The van der Waals surface area contributed by atoms with Crippen molar-refractivity contribution in [3.8, 4) is 0 Å². The van der Waals surface area contributed by atoms with E-state index in [1.165, 1.54) is 11.6 Å². The molecule has 0 radical (unpaired) electrons. The summed E-state index contributed by atoms with van der Waals surface area (Å²) in [5.74, 6) is -0.674. The molecule has 0 aliphatic carbocycles. The summed E-state index contributed by atoms with van der Waals surface area (Å²) in [6.07, 6.45) is 2.56. The third-order valence-corrected chi connectivity index (χ3v) is 2.01. The molecule has 74 valence electrons. The van der Waals surface area contributed by atoms with Gasteiger partial charge in [0.05, 0.1) is 5.97 Å². The van der Waals surface area contributed by atoms with Crippen LogP contribution in [0.3, 0.4) is 0 Å². The topological polar surface area (TPSA) is 40.1 Å². The number of carbonyl (C=O) groups is 1. The van der Waals surface area contributed by atoms with E-state index in [-0.39, 0.29) is 0 Å². The lowest BCUT2D eigenvalue weighted by atomic mass is 10.0. The van der Waals surface area contributed by atoms with Gasteiger partial charge in [0.2, 0.25) is 0 Å². The molecule has 2 nitrogen and oxygen atoms in total. The Balaban J connectivity index is 2.78. The molecule has 0 saturated heterocycles. The van der Waals surface area contributed by atoms with E-state index in [2.05, 4.69) is 13.8 Å². The number of hydrogen-bond donors (Lipinski definition) is 0. The quantitative estimate of drug-likeness (QED) is 0.677. The minimum Gasteiger partial charge on any atom is -0.545 e. The van der Waals surface area contributed by atoms with Crippen molar-refractivity contribution in [3.05, 3.63) is 41.5 Å². The monoisotopic (exact) mass is 189 g/mol. The summed E-state index contributed by atoms with van der Waals surface area (Å²) in [6.45, 7) is 4.23. The maximum absolute atomic E-state index is 10.1. The van der Waals surface area contributed by atoms with E-state index in [1.54, 1.807) is 0 Å². The molecular formula is C12H13O2-. The van der Waals surface area contributed by atoms with Crippen molar-refractivity contribution in [2.45, 2.75) is 19.8 Å². The van der Waals surface area contributed by atoms with Gasteiger partial charge in [0.1, 0.15) is 0 Å². The third kappa shape index (κ3) is 3.05. The fourth-order valence-electron chi connectivity index (χ4n) is 1.16. The van der Waals surface area contributed by atoms with Gasteiger partial charge in [0.25, 0.3) is 0 Å². The molecule has 1 aromatic carbocycles. The van der Waals surface area contributed by atoms with Gasteiger partial charge >= 0.3 is 0 Å². The van der Waals surface area contributed by atoms with Crippen LogP contribution in [0.15, 0.2) is 30.3 Å². The van der Waals surface area contributed by atoms with E-state index in [1.807, 2.05) is 24.3 Å². The van der Waals surface area contributed by atoms with Gasteiger partial charge < -0.3 is 9.90 Å². The molecule has 1 rings (SSSR count). The van der Waals surface area contributed by atoms with Crippen LogP contribution < -0.4 is 5.11 Å². The van der Waals surface area contributed by atoms with E-state index >= 15 is 0 Å². The van der Waals surface area contributed by atoms with Gasteiger partial charge in [-0.15, -0.1) is 0 Å². The highest BCUT2D eigenvalue weighted by Crippen LogP contribution is 2.15. The van der Waals surface area contributed by atoms with Crippen LogP contribution >= 0.6 is 0 Å². The van der Waals surface area contributed by atoms with Crippen molar-refractivity contribution >= 4 is 12.0 Å². The molecular weight excluding hydrogens is 176 g/mol. The summed E-state index contributed by atoms with van der Waals surface area (Å²) < 4.78 is 0. The SMILES string of the molecule is CC(C)c1ccc(C=CC(=O)[O-])cc1. The number of hydrogen-bond acceptors (Lipinski definition) is 2. The molecule has 0 aromatic heterocycles. The molecule has 0 amide bonds. The molecule has 0 spiro atoms. The molecule has 2 heteroatoms. The summed E-state index contributed by atoms with van der Waals surface area (Å²) >= 11 is 0. The Morgan fingerprint density at radius 1 is 1.29 bits per heavy atom. The first-order valence-corrected chi connectivity index (χ1v) is 4.58. The molecule has 0 aliphatic rings. The molecule has 0 fully saturated rings. The number of aliphatic carboxylic acids is 1. The van der Waals surface area contributed by atoms with Gasteiger partial charge in [-0.05, 0) is 23.1 Å². The average molecular weight is 189 g/mol. The summed E-state index contributed by atoms with van der Waals surface area (Å²) in [6, 6.07) is 7.79. The second-order valence-electron chi connectivity index (χ2n) is 3.47. The van der Waals surface area contributed by atoms with Gasteiger partial charge in [0, 0.05) is 0 Å². The van der Waals surface area contributed by atoms with Gasteiger partial charge in [0.15, 0.2) is 0 Å². The highest BCUT2D eigenvalue weighted by molar-refractivity contribution is 5.83. The van der Waals surface area contributed by atoms with Crippen LogP contribution in [0.25, 0.3) is 6.08 Å². The molecule has 1 aromatic rings. The van der Waals surface area contributed by atoms with Crippen LogP contribution in [0, 0.1) is 0 Å². The first kappa shape index (κ1) is 10.5. The summed E-state index contributed by atoms with van der Waals surface area (Å²) in [4.78, 5) is 10.1. The third-order valence-electron chi connectivity index (χ3n) is 2.01. The standard InChI is InChI=1S/C12H14O2/c1-9(2)11-6-3-10(4-7-11)5-8-12(13)14/h3-9H,1-2H3,(H,13,14)/p-1. The van der Waals surface area contributed by atoms with Crippen LogP contribution in [0.2, 0.25) is 0 Å². The van der Waals surface area contributed by atoms with Crippen LogP contribution in [0.4, 0.5) is 0 Å². The van der Waals surface area contributed by atoms with Crippen LogP contribution in [0.1, 0.15) is 30.9 Å². The van der Waals surface area contributed by atoms with E-state index in [4.69, 9.17) is 0 Å². The van der Waals surface area contributed by atoms with Crippen LogP contribution in [-0.2, 0) is 4.79 Å². The maximum Gasteiger partial charge on any atom is 0.0643 e. The van der Waals surface area contributed by atoms with Crippen molar-refractivity contribution in [3.63, 3.8) is 0 Å². The predicted molar refractivity (Wildman–Crippen MR) is 54.6 cm³/mol. The minimum atomic E-state index is -1.17. The predicted octanol–water partition coefficient (Wildman–Crippen LogP) is 1.57. The van der Waals surface area contributed by atoms with Gasteiger partial charge in [-0.2, -0.15) is 0 Å². The molecule has 14 heavy (non-hydrogen) atoms. The van der Waals surface area contributed by atoms with E-state index in [9.17, 15) is 9.90 Å². The molecule has 0 bridgehead atoms. The van der Waals surface area contributed by atoms with E-state index in [0.29, 0.717) is 5.92 Å². The molecule has 0 atom stereocenters. The van der Waals surface area contributed by atoms with Gasteiger partial charge in [-0.1, -0.05) is 44.2 Å². The second-order valence-corrected chi connectivity index (χ2v) is 3.47. The lowest BCUT2D eigenvalue weighted by Crippen LogP contribution is -2.18. The number of carbonyl (C=O) groups excluding carboxylic acids is 1. The zero-order valence-corrected chi connectivity index (χ0v) is 8.36. The number of carboxylic acid groups (broad SMARTS) is 1. The first-order valence-electron chi connectivity index (χ1n) is 4.58. The van der Waals surface area contributed by atoms with Crippen LogP contribution in [-0.4, -0.2) is 5.97 Å². The van der Waals surface area contributed by atoms with Crippen molar-refractivity contribution in [1.82, 2.24) is 0 Å². The Labute approximate surface area is 83.9 Å². The van der Waals surface area contributed by atoms with E-state index in [0.717, 1.165) is 11.6 Å². The molecule has 0 N–H and O–H groups in total. The lowest BCUT2D eigenvalue weighted by molar-refractivity contribution is -0.297. The zero-order valence-electron chi connectivity index (χ0n) is 8.36. The van der Waals surface area contributed by atoms with Crippen molar-refractivity contribution in [2.24, 2.45) is 0 Å². The van der Waals surface area contributed by atoms with Crippen molar-refractivity contribution in [1.29, 1.82) is 0 Å². The molecule has 0 aliphatic heterocycles. The Bertz CT molecular complexity index is 334. The number of carboxylic acids is 1. The fourth-order valence-corrected chi connectivity index (χ4v) is 1.16. The Kier molecular flexibility index (Phi) is 3.46. The Hall–Kier alpha value is -1.57. The number of benzene rings is 1. The summed E-state index contributed by atoms with van der Waals surface area (Å²) in [5, 5.41) is 10.1. The lowest BCUT2D eigenvalue weighted by Gasteiger charge is -2.04. The first-order chi connectivity index (χ1) is 6.59. The van der Waals surface area contributed by atoms with Gasteiger partial charge in [-0.25, -0.2) is 0 Å². The average Bonchev–Trinajstić information content (AvgIpc) is 2.15. The van der Waals surface area contributed by atoms with Gasteiger partial charge in [-0.3, -0.25) is 0 Å². The van der Waals surface area contributed by atoms with E-state index < -0.39 is 5.97 Å². The summed E-state index contributed by atoms with van der Waals surface area (Å²) in [5.41, 5.74) is 2.12. The zero-order chi connectivity index (χ0) is 10.6. The maximum atomic E-state index is 10.1. The van der Waals surface area contributed by atoms with Crippen LogP contribution in [0.5, 0.6) is 0 Å². The Morgan fingerprint density at radius 3 is 2.29 bits per heavy atom. The number of rotatable bonds is 3. The molecule has 0 unspecified atom stereocenters. The second kappa shape index (κ2) is 4.61. The molecule has 0 heterocycles. The Morgan fingerprint density at radius 2 is 1.86 bits per heavy atom. The normalized spacial score (nSPS) is 11.1. The largest absolute Gasteiger partial charge is 0.545 e. The fraction of sp³-hybridized carbons (Fsp3) is 0.250. The summed E-state index contributed by atoms with van der Waals surface area (Å²) in [7, 11) is 0. The van der Waals surface area contributed by atoms with Crippen molar-refractivity contribution < 1.29 is 9.90 Å².